The Hall–Kier alpha value is -1.48. The average molecular weight is 893 g/mol. The van der Waals surface area contributed by atoms with Crippen LogP contribution < -0.4 is 14.8 Å². The number of hydrogen-bond acceptors (Lipinski definition) is 4. The molecule has 0 aromatic heterocycles. The van der Waals surface area contributed by atoms with Crippen molar-refractivity contribution in [2.45, 2.75) is 137 Å². The first-order valence-corrected chi connectivity index (χ1v) is 26.9. The standard InChI is InChI=1S/C31H49O2P.C12H17O2Si.BrH.Pd/c1-19(2)22-17-23(20(3)4)27(24(18-22)21(5)6)28-25(32-13)15-16-26(33-14)29(28)34(30(7,8)9)31(10,11)12;1-15(2,3)10-9-14-12(13)11-7-5-4-6-8-11;;/h15-21H,1-14H3;5-8H,9-10H2,1-3H3;1H;/q;-1;;+2. The second-order valence-corrected chi connectivity index (χ2v) is 27.2. The molecule has 0 radical (unpaired) electrons. The van der Waals surface area contributed by atoms with E-state index in [0.29, 0.717) is 29.9 Å². The van der Waals surface area contributed by atoms with Crippen molar-refractivity contribution in [1.82, 2.24) is 0 Å². The van der Waals surface area contributed by atoms with Crippen molar-refractivity contribution in [1.29, 1.82) is 0 Å². The van der Waals surface area contributed by atoms with Crippen LogP contribution in [0.15, 0.2) is 48.5 Å². The molecule has 0 aliphatic heterocycles. The first-order chi connectivity index (χ1) is 23.5. The predicted molar refractivity (Wildman–Crippen MR) is 227 cm³/mol. The number of carbonyl (C=O) groups excluding carboxylic acids is 1. The number of hydrogen-bond donors (Lipinski definition) is 0. The Kier molecular flexibility index (Phi) is 19.4. The number of ether oxygens (including phenoxy) is 3. The molecule has 0 atom stereocenters. The zero-order valence-electron chi connectivity index (χ0n) is 34.6. The van der Waals surface area contributed by atoms with E-state index in [2.05, 4.69) is 164 Å². The van der Waals surface area contributed by atoms with Crippen molar-refractivity contribution in [3.05, 3.63) is 76.9 Å². The molecule has 51 heavy (non-hydrogen) atoms. The molecule has 0 saturated heterocycles. The molecule has 8 heteroatoms. The summed E-state index contributed by atoms with van der Waals surface area (Å²) in [5.41, 5.74) is 7.44. The summed E-state index contributed by atoms with van der Waals surface area (Å²) in [7, 11) is 1.39. The number of esters is 1. The molecule has 3 aromatic rings. The molecule has 3 rings (SSSR count). The molecular weight excluding hydrogens is 826 g/mol. The first-order valence-electron chi connectivity index (χ1n) is 18.1. The van der Waals surface area contributed by atoms with Crippen LogP contribution in [0.3, 0.4) is 0 Å². The van der Waals surface area contributed by atoms with Crippen LogP contribution in [0.1, 0.15) is 128 Å². The SMILES string of the molecule is COc1ccc(OC)c([PH+](C(C)(C)C)C(C)(C)C)c1-c1c(C(C)C)cc(C(C)C)cc1C(C)C.C[Si](C)(C)CCOC(=O)c1cc[c-]cc1.[Br][Pd+]. The Labute approximate surface area is 332 Å². The van der Waals surface area contributed by atoms with Gasteiger partial charge in [-0.15, -0.1) is 0 Å². The minimum atomic E-state index is -1.12. The molecule has 0 aliphatic rings. The number of halogens is 1. The van der Waals surface area contributed by atoms with Gasteiger partial charge in [-0.1, -0.05) is 73.3 Å². The predicted octanol–water partition coefficient (Wildman–Crippen LogP) is 13.0. The van der Waals surface area contributed by atoms with Crippen LogP contribution in [-0.4, -0.2) is 45.2 Å². The van der Waals surface area contributed by atoms with Gasteiger partial charge in [0.05, 0.1) is 36.7 Å². The second kappa shape index (κ2) is 20.8. The summed E-state index contributed by atoms with van der Waals surface area (Å²) < 4.78 is 17.4. The van der Waals surface area contributed by atoms with Crippen LogP contribution in [0.2, 0.25) is 25.7 Å². The summed E-state index contributed by atoms with van der Waals surface area (Å²) in [5.74, 6) is 2.99. The Bertz CT molecular complexity index is 1480. The van der Waals surface area contributed by atoms with E-state index >= 15 is 0 Å². The molecule has 0 spiro atoms. The zero-order chi connectivity index (χ0) is 39.5. The van der Waals surface area contributed by atoms with E-state index in [0.717, 1.165) is 17.5 Å². The molecule has 0 fully saturated rings. The summed E-state index contributed by atoms with van der Waals surface area (Å²) >= 11 is 5.35. The third-order valence-corrected chi connectivity index (χ3v) is 14.4. The van der Waals surface area contributed by atoms with Gasteiger partial charge in [-0.3, -0.25) is 0 Å². The van der Waals surface area contributed by atoms with Gasteiger partial charge in [-0.25, -0.2) is 4.79 Å². The van der Waals surface area contributed by atoms with Gasteiger partial charge in [0.2, 0.25) is 0 Å². The third kappa shape index (κ3) is 14.0. The van der Waals surface area contributed by atoms with E-state index in [1.54, 1.807) is 24.3 Å². The van der Waals surface area contributed by atoms with Gasteiger partial charge in [0.1, 0.15) is 11.1 Å². The normalized spacial score (nSPS) is 12.0. The van der Waals surface area contributed by atoms with Crippen molar-refractivity contribution in [3.63, 3.8) is 0 Å². The fraction of sp³-hybridized carbons (Fsp3) is 0.558. The molecule has 0 bridgehead atoms. The van der Waals surface area contributed by atoms with Crippen LogP contribution >= 0.6 is 21.4 Å². The number of carbonyl (C=O) groups is 1. The van der Waals surface area contributed by atoms with Gasteiger partial charge in [0, 0.05) is 16.0 Å². The second-order valence-electron chi connectivity index (χ2n) is 17.4. The summed E-state index contributed by atoms with van der Waals surface area (Å²) in [4.78, 5) is 11.5. The maximum atomic E-state index is 11.5. The molecule has 0 N–H and O–H groups in total. The summed E-state index contributed by atoms with van der Waals surface area (Å²) in [6, 6.07) is 19.9. The van der Waals surface area contributed by atoms with Crippen molar-refractivity contribution in [2.24, 2.45) is 0 Å². The molecule has 288 valence electrons. The molecule has 0 unspecified atom stereocenters. The fourth-order valence-electron chi connectivity index (χ4n) is 6.58. The number of benzene rings is 3. The van der Waals surface area contributed by atoms with E-state index in [1.165, 1.54) is 33.1 Å². The van der Waals surface area contributed by atoms with Crippen molar-refractivity contribution in [3.8, 4) is 22.6 Å². The average Bonchev–Trinajstić information content (AvgIpc) is 3.03. The van der Waals surface area contributed by atoms with Crippen molar-refractivity contribution < 1.29 is 36.2 Å². The minimum absolute atomic E-state index is 0.130. The Balaban J connectivity index is 0.000000636. The third-order valence-electron chi connectivity index (χ3n) is 8.74. The van der Waals surface area contributed by atoms with Crippen LogP contribution in [0.4, 0.5) is 0 Å². The van der Waals surface area contributed by atoms with E-state index in [4.69, 9.17) is 14.2 Å². The summed E-state index contributed by atoms with van der Waals surface area (Å²) in [6.07, 6.45) is 0. The Morgan fingerprint density at radius 3 is 1.59 bits per heavy atom. The van der Waals surface area contributed by atoms with Gasteiger partial charge in [-0.2, -0.15) is 30.3 Å². The van der Waals surface area contributed by atoms with Crippen molar-refractivity contribution >= 4 is 40.7 Å². The zero-order valence-corrected chi connectivity index (χ0v) is 39.7. The maximum absolute atomic E-state index is 11.5. The van der Waals surface area contributed by atoms with Gasteiger partial charge in [-0.05, 0) is 105 Å². The molecule has 0 aliphatic carbocycles. The van der Waals surface area contributed by atoms with Crippen LogP contribution in [-0.2, 0) is 21.9 Å². The molecule has 0 saturated carbocycles. The van der Waals surface area contributed by atoms with Crippen LogP contribution in [0.25, 0.3) is 11.1 Å². The number of methoxy groups -OCH3 is 2. The summed E-state index contributed by atoms with van der Waals surface area (Å²) in [6.45, 7) is 35.5. The van der Waals surface area contributed by atoms with Gasteiger partial charge < -0.3 is 14.2 Å². The Morgan fingerprint density at radius 2 is 1.22 bits per heavy atom. The summed E-state index contributed by atoms with van der Waals surface area (Å²) in [5, 5.41) is 1.63. The van der Waals surface area contributed by atoms with E-state index in [1.807, 2.05) is 14.2 Å². The molecule has 4 nitrogen and oxygen atoms in total. The molecule has 3 aromatic carbocycles. The van der Waals surface area contributed by atoms with Crippen LogP contribution in [0.5, 0.6) is 11.5 Å². The van der Waals surface area contributed by atoms with Crippen molar-refractivity contribution in [2.75, 3.05) is 20.8 Å². The van der Waals surface area contributed by atoms with E-state index in [-0.39, 0.29) is 16.3 Å². The van der Waals surface area contributed by atoms with E-state index in [9.17, 15) is 4.79 Å². The molecular formula is C43H67BrO4PPdSi+. The first kappa shape index (κ1) is 47.5. The van der Waals surface area contributed by atoms with Crippen LogP contribution in [0, 0.1) is 6.07 Å². The van der Waals surface area contributed by atoms with Gasteiger partial charge in [0.25, 0.3) is 0 Å². The molecule has 0 amide bonds. The van der Waals surface area contributed by atoms with Gasteiger partial charge in [0.15, 0.2) is 5.75 Å². The van der Waals surface area contributed by atoms with Gasteiger partial charge >= 0.3 is 36.6 Å². The quantitative estimate of drug-likeness (QED) is 0.0833. The molecule has 0 heterocycles. The Morgan fingerprint density at radius 1 is 0.765 bits per heavy atom. The topological polar surface area (TPSA) is 44.8 Å². The fourth-order valence-corrected chi connectivity index (χ4v) is 12.0. The number of rotatable bonds is 11. The van der Waals surface area contributed by atoms with E-state index < -0.39 is 16.0 Å². The monoisotopic (exact) mass is 891 g/mol.